The summed E-state index contributed by atoms with van der Waals surface area (Å²) in [6.45, 7) is 6.01. The van der Waals surface area contributed by atoms with Crippen molar-refractivity contribution in [1.29, 1.82) is 0 Å². The highest BCUT2D eigenvalue weighted by Gasteiger charge is 2.30. The van der Waals surface area contributed by atoms with Crippen LogP contribution in [0.15, 0.2) is 36.4 Å². The molecule has 156 valence electrons. The van der Waals surface area contributed by atoms with Gasteiger partial charge in [-0.05, 0) is 74.3 Å². The summed E-state index contributed by atoms with van der Waals surface area (Å²) in [5.74, 6) is 0.234. The molecule has 1 fully saturated rings. The van der Waals surface area contributed by atoms with Crippen molar-refractivity contribution < 1.29 is 4.79 Å². The molecule has 3 aromatic rings. The average Bonchev–Trinajstić information content (AvgIpc) is 3.19. The summed E-state index contributed by atoms with van der Waals surface area (Å²) in [5, 5.41) is 4.43. The Hall–Kier alpha value is -2.40. The molecule has 2 aliphatic rings. The van der Waals surface area contributed by atoms with E-state index in [2.05, 4.69) is 60.5 Å². The third-order valence-corrected chi connectivity index (χ3v) is 7.63. The summed E-state index contributed by atoms with van der Waals surface area (Å²) in [6, 6.07) is 13.1. The Morgan fingerprint density at radius 3 is 2.93 bits per heavy atom. The molecule has 4 nitrogen and oxygen atoms in total. The zero-order valence-corrected chi connectivity index (χ0v) is 18.6. The summed E-state index contributed by atoms with van der Waals surface area (Å²) >= 11 is 1.76. The summed E-state index contributed by atoms with van der Waals surface area (Å²) in [7, 11) is 0. The van der Waals surface area contributed by atoms with Crippen molar-refractivity contribution in [3.8, 4) is 0 Å². The van der Waals surface area contributed by atoms with Gasteiger partial charge in [0.05, 0.1) is 22.2 Å². The van der Waals surface area contributed by atoms with Crippen LogP contribution in [-0.4, -0.2) is 24.0 Å². The molecular weight excluding hydrogens is 390 g/mol. The van der Waals surface area contributed by atoms with Gasteiger partial charge in [-0.15, -0.1) is 0 Å². The Labute approximate surface area is 182 Å². The third-order valence-electron chi connectivity index (χ3n) is 6.57. The number of nitrogens with one attached hydrogen (secondary N) is 1. The molecule has 2 aromatic carbocycles. The predicted octanol–water partition coefficient (Wildman–Crippen LogP) is 5.32. The van der Waals surface area contributed by atoms with Crippen LogP contribution >= 0.6 is 11.3 Å². The second-order valence-electron chi connectivity index (χ2n) is 8.86. The quantitative estimate of drug-likeness (QED) is 0.625. The van der Waals surface area contributed by atoms with Gasteiger partial charge in [-0.1, -0.05) is 41.7 Å². The second-order valence-corrected chi connectivity index (χ2v) is 9.87. The summed E-state index contributed by atoms with van der Waals surface area (Å²) in [4.78, 5) is 20.4. The molecule has 0 saturated carbocycles. The van der Waals surface area contributed by atoms with Gasteiger partial charge in [0.1, 0.15) is 0 Å². The minimum atomic E-state index is 0.0303. The number of amides is 1. The Kier molecular flexibility index (Phi) is 5.23. The zero-order chi connectivity index (χ0) is 20.7. The van der Waals surface area contributed by atoms with Crippen molar-refractivity contribution >= 4 is 32.6 Å². The number of piperidine rings is 1. The molecule has 0 unspecified atom stereocenters. The normalized spacial score (nSPS) is 21.5. The van der Waals surface area contributed by atoms with Crippen molar-refractivity contribution in [3.05, 3.63) is 58.7 Å². The molecule has 1 saturated heterocycles. The SMILES string of the molecule is Cc1cc(C)c2nc(N3CCC[C@@H](C(=O)N[C@H]4CCCc5ccccc54)C3)sc2c1. The second kappa shape index (κ2) is 8.03. The molecule has 0 spiro atoms. The predicted molar refractivity (Wildman–Crippen MR) is 124 cm³/mol. The molecule has 1 aliphatic heterocycles. The van der Waals surface area contributed by atoms with E-state index in [0.29, 0.717) is 0 Å². The maximum Gasteiger partial charge on any atom is 0.225 e. The summed E-state index contributed by atoms with van der Waals surface area (Å²) < 4.78 is 1.24. The number of fused-ring (bicyclic) bond motifs is 2. The maximum absolute atomic E-state index is 13.2. The Balaban J connectivity index is 1.31. The van der Waals surface area contributed by atoms with E-state index in [-0.39, 0.29) is 17.9 Å². The lowest BCUT2D eigenvalue weighted by atomic mass is 9.87. The number of nitrogens with zero attached hydrogens (tertiary/aromatic N) is 2. The van der Waals surface area contributed by atoms with Crippen LogP contribution in [0.1, 0.15) is 54.0 Å². The number of benzene rings is 2. The lowest BCUT2D eigenvalue weighted by molar-refractivity contribution is -0.126. The fourth-order valence-electron chi connectivity index (χ4n) is 5.05. The maximum atomic E-state index is 13.2. The van der Waals surface area contributed by atoms with Gasteiger partial charge in [0.15, 0.2) is 5.13 Å². The van der Waals surface area contributed by atoms with Crippen LogP contribution in [0.4, 0.5) is 5.13 Å². The van der Waals surface area contributed by atoms with Crippen LogP contribution < -0.4 is 10.2 Å². The Morgan fingerprint density at radius 1 is 1.17 bits per heavy atom. The van der Waals surface area contributed by atoms with Crippen LogP contribution in [0.25, 0.3) is 10.2 Å². The fourth-order valence-corrected chi connectivity index (χ4v) is 6.23. The van der Waals surface area contributed by atoms with E-state index >= 15 is 0 Å². The van der Waals surface area contributed by atoms with E-state index in [1.807, 2.05) is 0 Å². The molecule has 1 N–H and O–H groups in total. The molecule has 2 heterocycles. The van der Waals surface area contributed by atoms with E-state index in [4.69, 9.17) is 4.98 Å². The molecule has 1 aliphatic carbocycles. The van der Waals surface area contributed by atoms with Crippen LogP contribution in [-0.2, 0) is 11.2 Å². The van der Waals surface area contributed by atoms with Gasteiger partial charge >= 0.3 is 0 Å². The number of carbonyl (C=O) groups excluding carboxylic acids is 1. The van der Waals surface area contributed by atoms with Crippen LogP contribution in [0, 0.1) is 19.8 Å². The smallest absolute Gasteiger partial charge is 0.225 e. The molecule has 1 amide bonds. The number of anilines is 1. The van der Waals surface area contributed by atoms with Crippen LogP contribution in [0.3, 0.4) is 0 Å². The standard InChI is InChI=1S/C25H29N3OS/c1-16-13-17(2)23-22(14-16)30-25(27-23)28-12-6-9-19(15-28)24(29)26-21-11-5-8-18-7-3-4-10-20(18)21/h3-4,7,10,13-14,19,21H,5-6,8-9,11-12,15H2,1-2H3,(H,26,29)/t19-,21+/m1/s1. The molecule has 0 bridgehead atoms. The van der Waals surface area contributed by atoms with Gasteiger partial charge in [0.2, 0.25) is 5.91 Å². The number of thiazole rings is 1. The first kappa shape index (κ1) is 19.6. The van der Waals surface area contributed by atoms with Gasteiger partial charge in [0.25, 0.3) is 0 Å². The topological polar surface area (TPSA) is 45.2 Å². The van der Waals surface area contributed by atoms with Gasteiger partial charge in [-0.25, -0.2) is 4.98 Å². The van der Waals surface area contributed by atoms with E-state index in [0.717, 1.165) is 55.8 Å². The molecule has 1 aromatic heterocycles. The van der Waals surface area contributed by atoms with Crippen molar-refractivity contribution in [2.75, 3.05) is 18.0 Å². The molecule has 30 heavy (non-hydrogen) atoms. The highest BCUT2D eigenvalue weighted by molar-refractivity contribution is 7.22. The highest BCUT2D eigenvalue weighted by Crippen LogP contribution is 2.34. The molecule has 5 heteroatoms. The van der Waals surface area contributed by atoms with Gasteiger partial charge < -0.3 is 10.2 Å². The number of carbonyl (C=O) groups is 1. The number of aryl methyl sites for hydroxylation is 3. The lowest BCUT2D eigenvalue weighted by Gasteiger charge is -2.33. The van der Waals surface area contributed by atoms with Crippen molar-refractivity contribution in [2.24, 2.45) is 5.92 Å². The van der Waals surface area contributed by atoms with Gasteiger partial charge in [-0.3, -0.25) is 4.79 Å². The highest BCUT2D eigenvalue weighted by atomic mass is 32.1. The average molecular weight is 420 g/mol. The fraction of sp³-hybridized carbons (Fsp3) is 0.440. The van der Waals surface area contributed by atoms with Gasteiger partial charge in [0, 0.05) is 13.1 Å². The summed E-state index contributed by atoms with van der Waals surface area (Å²) in [6.07, 6.45) is 5.29. The Bertz CT molecular complexity index is 1090. The van der Waals surface area contributed by atoms with Crippen molar-refractivity contribution in [2.45, 2.75) is 52.0 Å². The lowest BCUT2D eigenvalue weighted by Crippen LogP contribution is -2.44. The van der Waals surface area contributed by atoms with Crippen LogP contribution in [0.2, 0.25) is 0 Å². The first-order valence-corrected chi connectivity index (χ1v) is 11.9. The monoisotopic (exact) mass is 419 g/mol. The van der Waals surface area contributed by atoms with E-state index in [1.165, 1.54) is 27.0 Å². The number of aromatic nitrogens is 1. The minimum absolute atomic E-state index is 0.0303. The van der Waals surface area contributed by atoms with Crippen LogP contribution in [0.5, 0.6) is 0 Å². The molecule has 2 atom stereocenters. The first-order chi connectivity index (χ1) is 14.6. The Morgan fingerprint density at radius 2 is 2.03 bits per heavy atom. The summed E-state index contributed by atoms with van der Waals surface area (Å²) in [5.41, 5.74) is 6.31. The zero-order valence-electron chi connectivity index (χ0n) is 17.8. The third kappa shape index (κ3) is 3.71. The number of hydrogen-bond acceptors (Lipinski definition) is 4. The van der Waals surface area contributed by atoms with E-state index in [1.54, 1.807) is 11.3 Å². The molecule has 5 rings (SSSR count). The van der Waals surface area contributed by atoms with Crippen molar-refractivity contribution in [3.63, 3.8) is 0 Å². The minimum Gasteiger partial charge on any atom is -0.349 e. The first-order valence-electron chi connectivity index (χ1n) is 11.1. The largest absolute Gasteiger partial charge is 0.349 e. The van der Waals surface area contributed by atoms with E-state index in [9.17, 15) is 4.79 Å². The van der Waals surface area contributed by atoms with Gasteiger partial charge in [-0.2, -0.15) is 0 Å². The van der Waals surface area contributed by atoms with E-state index < -0.39 is 0 Å². The molecule has 0 radical (unpaired) electrons. The number of hydrogen-bond donors (Lipinski definition) is 1. The molecular formula is C25H29N3OS. The van der Waals surface area contributed by atoms with Crippen molar-refractivity contribution in [1.82, 2.24) is 10.3 Å². The number of rotatable bonds is 3.